The van der Waals surface area contributed by atoms with Crippen LogP contribution in [0.4, 0.5) is 0 Å². The molecule has 0 spiro atoms. The standard InChI is InChI=1S/C19H29N3O5/c1-12(2)18(13(3)20-14(4)19(26)27)21-15(23)8-6-5-7-11-22-16(24)9-10-17(22)25/h9-10,12,14,18,20H,3,5-8,11H2,1-2,4H3,(H,21,23)(H,26,27). The Balaban J connectivity index is 2.33. The molecule has 0 aromatic carbocycles. The van der Waals surface area contributed by atoms with E-state index in [9.17, 15) is 19.2 Å². The maximum atomic E-state index is 12.2. The van der Waals surface area contributed by atoms with Gasteiger partial charge >= 0.3 is 5.97 Å². The highest BCUT2D eigenvalue weighted by Gasteiger charge is 2.23. The van der Waals surface area contributed by atoms with Crippen molar-refractivity contribution >= 4 is 23.7 Å². The summed E-state index contributed by atoms with van der Waals surface area (Å²) >= 11 is 0. The zero-order valence-electron chi connectivity index (χ0n) is 16.2. The molecule has 1 heterocycles. The van der Waals surface area contributed by atoms with Crippen LogP contribution < -0.4 is 10.6 Å². The number of carboxylic acids is 1. The molecule has 8 heteroatoms. The molecule has 0 saturated heterocycles. The van der Waals surface area contributed by atoms with Gasteiger partial charge in [-0.25, -0.2) is 0 Å². The predicted octanol–water partition coefficient (Wildman–Crippen LogP) is 1.19. The van der Waals surface area contributed by atoms with Gasteiger partial charge in [0.05, 0.1) is 6.04 Å². The number of rotatable bonds is 12. The molecular weight excluding hydrogens is 350 g/mol. The smallest absolute Gasteiger partial charge is 0.325 e. The van der Waals surface area contributed by atoms with Crippen molar-refractivity contribution in [1.29, 1.82) is 0 Å². The third-order valence-electron chi connectivity index (χ3n) is 4.32. The second-order valence-electron chi connectivity index (χ2n) is 6.99. The summed E-state index contributed by atoms with van der Waals surface area (Å²) in [6.07, 6.45) is 4.81. The van der Waals surface area contributed by atoms with Gasteiger partial charge in [-0.05, 0) is 25.7 Å². The quantitative estimate of drug-likeness (QED) is 0.346. The summed E-state index contributed by atoms with van der Waals surface area (Å²) in [4.78, 5) is 47.2. The van der Waals surface area contributed by atoms with Gasteiger partial charge in [-0.3, -0.25) is 24.1 Å². The normalized spacial score (nSPS) is 15.8. The van der Waals surface area contributed by atoms with Crippen LogP contribution >= 0.6 is 0 Å². The van der Waals surface area contributed by atoms with Gasteiger partial charge in [-0.15, -0.1) is 0 Å². The first-order valence-corrected chi connectivity index (χ1v) is 9.14. The van der Waals surface area contributed by atoms with Crippen LogP contribution in [0.5, 0.6) is 0 Å². The molecule has 1 aliphatic rings. The highest BCUT2D eigenvalue weighted by Crippen LogP contribution is 2.11. The van der Waals surface area contributed by atoms with E-state index < -0.39 is 12.0 Å². The molecule has 0 radical (unpaired) electrons. The van der Waals surface area contributed by atoms with E-state index in [2.05, 4.69) is 17.2 Å². The Labute approximate surface area is 159 Å². The topological polar surface area (TPSA) is 116 Å². The highest BCUT2D eigenvalue weighted by molar-refractivity contribution is 6.12. The van der Waals surface area contributed by atoms with Crippen LogP contribution in [0.3, 0.4) is 0 Å². The van der Waals surface area contributed by atoms with Crippen LogP contribution in [0.2, 0.25) is 0 Å². The fraction of sp³-hybridized carbons (Fsp3) is 0.579. The number of nitrogens with one attached hydrogen (secondary N) is 2. The van der Waals surface area contributed by atoms with Crippen molar-refractivity contribution in [2.75, 3.05) is 6.54 Å². The first kappa shape index (κ1) is 22.4. The minimum absolute atomic E-state index is 0.0506. The summed E-state index contributed by atoms with van der Waals surface area (Å²) in [6, 6.07) is -1.16. The zero-order valence-corrected chi connectivity index (χ0v) is 16.2. The predicted molar refractivity (Wildman–Crippen MR) is 100 cm³/mol. The van der Waals surface area contributed by atoms with Crippen molar-refractivity contribution in [3.05, 3.63) is 24.4 Å². The molecule has 0 fully saturated rings. The molecule has 1 aliphatic heterocycles. The number of unbranched alkanes of at least 4 members (excludes halogenated alkanes) is 2. The lowest BCUT2D eigenvalue weighted by Crippen LogP contribution is -2.46. The minimum Gasteiger partial charge on any atom is -0.480 e. The molecule has 0 aliphatic carbocycles. The van der Waals surface area contributed by atoms with Crippen molar-refractivity contribution in [1.82, 2.24) is 15.5 Å². The Hall–Kier alpha value is -2.64. The van der Waals surface area contributed by atoms with Gasteiger partial charge < -0.3 is 15.7 Å². The van der Waals surface area contributed by atoms with Gasteiger partial charge in [0.1, 0.15) is 6.04 Å². The van der Waals surface area contributed by atoms with E-state index in [4.69, 9.17) is 5.11 Å². The lowest BCUT2D eigenvalue weighted by Gasteiger charge is -2.27. The average molecular weight is 379 g/mol. The largest absolute Gasteiger partial charge is 0.480 e. The molecule has 2 unspecified atom stereocenters. The van der Waals surface area contributed by atoms with Crippen LogP contribution in [0.25, 0.3) is 0 Å². The SMILES string of the molecule is C=C(NC(C)C(=O)O)C(NC(=O)CCCCCN1C(=O)C=CC1=O)C(C)C. The molecule has 150 valence electrons. The number of carbonyl (C=O) groups is 4. The maximum absolute atomic E-state index is 12.2. The van der Waals surface area contributed by atoms with E-state index in [-0.39, 0.29) is 29.7 Å². The molecule has 1 rings (SSSR count). The third-order valence-corrected chi connectivity index (χ3v) is 4.32. The second kappa shape index (κ2) is 10.5. The van der Waals surface area contributed by atoms with E-state index in [1.807, 2.05) is 13.8 Å². The van der Waals surface area contributed by atoms with Crippen LogP contribution in [0, 0.1) is 5.92 Å². The molecule has 3 amide bonds. The van der Waals surface area contributed by atoms with Crippen molar-refractivity contribution in [2.24, 2.45) is 5.92 Å². The summed E-state index contributed by atoms with van der Waals surface area (Å²) in [5.41, 5.74) is 0.465. The van der Waals surface area contributed by atoms with Crippen LogP contribution in [-0.4, -0.2) is 52.3 Å². The van der Waals surface area contributed by atoms with Gasteiger partial charge in [0.25, 0.3) is 11.8 Å². The van der Waals surface area contributed by atoms with Gasteiger partial charge in [-0.1, -0.05) is 26.8 Å². The van der Waals surface area contributed by atoms with Gasteiger partial charge in [-0.2, -0.15) is 0 Å². The molecule has 0 saturated carbocycles. The first-order valence-electron chi connectivity index (χ1n) is 9.14. The van der Waals surface area contributed by atoms with Gasteiger partial charge in [0, 0.05) is 30.8 Å². The van der Waals surface area contributed by atoms with Crippen molar-refractivity contribution in [3.63, 3.8) is 0 Å². The molecule has 2 atom stereocenters. The molecule has 0 aromatic heterocycles. The number of imide groups is 1. The number of aliphatic carboxylic acids is 1. The van der Waals surface area contributed by atoms with E-state index in [0.29, 0.717) is 37.9 Å². The summed E-state index contributed by atoms with van der Waals surface area (Å²) < 4.78 is 0. The third kappa shape index (κ3) is 7.24. The van der Waals surface area contributed by atoms with Crippen LogP contribution in [0.1, 0.15) is 46.5 Å². The van der Waals surface area contributed by atoms with Crippen molar-refractivity contribution in [2.45, 2.75) is 58.5 Å². The number of hydrogen-bond acceptors (Lipinski definition) is 5. The molecule has 0 aromatic rings. The summed E-state index contributed by atoms with van der Waals surface area (Å²) in [6.45, 7) is 9.56. The average Bonchev–Trinajstić information content (AvgIpc) is 2.90. The number of nitrogens with zero attached hydrogens (tertiary/aromatic N) is 1. The summed E-state index contributed by atoms with van der Waals surface area (Å²) in [5, 5.41) is 14.7. The lowest BCUT2D eigenvalue weighted by molar-refractivity contribution is -0.139. The minimum atomic E-state index is -0.991. The van der Waals surface area contributed by atoms with E-state index in [1.165, 1.54) is 24.0 Å². The Morgan fingerprint density at radius 3 is 2.19 bits per heavy atom. The number of hydrogen-bond donors (Lipinski definition) is 3. The summed E-state index contributed by atoms with van der Waals surface area (Å²) in [7, 11) is 0. The van der Waals surface area contributed by atoms with Crippen molar-refractivity contribution in [3.8, 4) is 0 Å². The highest BCUT2D eigenvalue weighted by atomic mass is 16.4. The Morgan fingerprint density at radius 2 is 1.67 bits per heavy atom. The number of carbonyl (C=O) groups excluding carboxylic acids is 3. The first-order chi connectivity index (χ1) is 12.6. The Bertz CT molecular complexity index is 609. The van der Waals surface area contributed by atoms with Crippen LogP contribution in [0.15, 0.2) is 24.4 Å². The molecule has 27 heavy (non-hydrogen) atoms. The fourth-order valence-electron chi connectivity index (χ4n) is 2.72. The lowest BCUT2D eigenvalue weighted by atomic mass is 10.0. The monoisotopic (exact) mass is 379 g/mol. The van der Waals surface area contributed by atoms with Gasteiger partial charge in [0.15, 0.2) is 0 Å². The van der Waals surface area contributed by atoms with Gasteiger partial charge in [0.2, 0.25) is 5.91 Å². The second-order valence-corrected chi connectivity index (χ2v) is 6.99. The molecular formula is C19H29N3O5. The Morgan fingerprint density at radius 1 is 1.07 bits per heavy atom. The number of amides is 3. The fourth-order valence-corrected chi connectivity index (χ4v) is 2.72. The summed E-state index contributed by atoms with van der Waals surface area (Å²) in [5.74, 6) is -1.67. The van der Waals surface area contributed by atoms with E-state index in [1.54, 1.807) is 0 Å². The molecule has 8 nitrogen and oxygen atoms in total. The van der Waals surface area contributed by atoms with Crippen LogP contribution in [-0.2, 0) is 19.2 Å². The maximum Gasteiger partial charge on any atom is 0.325 e. The number of carboxylic acid groups (broad SMARTS) is 1. The molecule has 0 bridgehead atoms. The van der Waals surface area contributed by atoms with E-state index in [0.717, 1.165) is 0 Å². The van der Waals surface area contributed by atoms with E-state index >= 15 is 0 Å². The van der Waals surface area contributed by atoms with Crippen molar-refractivity contribution < 1.29 is 24.3 Å². The molecule has 3 N–H and O–H groups in total. The zero-order chi connectivity index (χ0) is 20.6. The Kier molecular flexibility index (Phi) is 8.71.